The molecule has 2 aromatic carbocycles. The largest absolute Gasteiger partial charge is 0.469 e. The van der Waals surface area contributed by atoms with Crippen LogP contribution in [0.2, 0.25) is 0 Å². The molecule has 0 radical (unpaired) electrons. The molecule has 128 valence electrons. The van der Waals surface area contributed by atoms with E-state index in [1.165, 1.54) is 18.4 Å². The molecular formula is C19H18N2O3S. The SMILES string of the molecule is COC(=O)CCn1c(=NC(=O)Cc2ccccc2)sc2ccccc21. The van der Waals surface area contributed by atoms with Gasteiger partial charge in [0.2, 0.25) is 0 Å². The third kappa shape index (κ3) is 4.22. The molecular weight excluding hydrogens is 336 g/mol. The lowest BCUT2D eigenvalue weighted by molar-refractivity contribution is -0.140. The van der Waals surface area contributed by atoms with Gasteiger partial charge in [-0.05, 0) is 17.7 Å². The molecule has 0 saturated carbocycles. The highest BCUT2D eigenvalue weighted by Gasteiger charge is 2.10. The number of benzene rings is 2. The van der Waals surface area contributed by atoms with E-state index in [-0.39, 0.29) is 24.7 Å². The number of ether oxygens (including phenoxy) is 1. The van der Waals surface area contributed by atoms with Crippen molar-refractivity contribution in [2.45, 2.75) is 19.4 Å². The van der Waals surface area contributed by atoms with Gasteiger partial charge in [-0.2, -0.15) is 4.99 Å². The molecule has 0 N–H and O–H groups in total. The van der Waals surface area contributed by atoms with Crippen molar-refractivity contribution in [3.63, 3.8) is 0 Å². The summed E-state index contributed by atoms with van der Waals surface area (Å²) in [6.45, 7) is 0.425. The first kappa shape index (κ1) is 17.1. The Morgan fingerprint density at radius 1 is 1.08 bits per heavy atom. The number of hydrogen-bond acceptors (Lipinski definition) is 4. The zero-order valence-corrected chi connectivity index (χ0v) is 14.7. The number of rotatable bonds is 5. The van der Waals surface area contributed by atoms with Gasteiger partial charge >= 0.3 is 5.97 Å². The summed E-state index contributed by atoms with van der Waals surface area (Å²) in [6, 6.07) is 17.3. The Morgan fingerprint density at radius 3 is 2.56 bits per heavy atom. The molecule has 0 atom stereocenters. The van der Waals surface area contributed by atoms with E-state index in [4.69, 9.17) is 4.74 Å². The fraction of sp³-hybridized carbons (Fsp3) is 0.211. The van der Waals surface area contributed by atoms with Crippen LogP contribution in [0.25, 0.3) is 10.2 Å². The maximum absolute atomic E-state index is 12.3. The average Bonchev–Trinajstić information content (AvgIpc) is 2.97. The fourth-order valence-corrected chi connectivity index (χ4v) is 3.62. The molecule has 5 nitrogen and oxygen atoms in total. The van der Waals surface area contributed by atoms with Gasteiger partial charge in [0.25, 0.3) is 5.91 Å². The number of esters is 1. The minimum Gasteiger partial charge on any atom is -0.469 e. The lowest BCUT2D eigenvalue weighted by atomic mass is 10.1. The smallest absolute Gasteiger partial charge is 0.307 e. The molecule has 0 aliphatic carbocycles. The van der Waals surface area contributed by atoms with E-state index in [1.807, 2.05) is 59.2 Å². The van der Waals surface area contributed by atoms with Crippen LogP contribution < -0.4 is 4.80 Å². The van der Waals surface area contributed by atoms with Crippen LogP contribution >= 0.6 is 11.3 Å². The average molecular weight is 354 g/mol. The number of fused-ring (bicyclic) bond motifs is 1. The van der Waals surface area contributed by atoms with Gasteiger partial charge in [0, 0.05) is 6.54 Å². The van der Waals surface area contributed by atoms with Gasteiger partial charge in [-0.3, -0.25) is 9.59 Å². The highest BCUT2D eigenvalue weighted by Crippen LogP contribution is 2.17. The van der Waals surface area contributed by atoms with Crippen molar-refractivity contribution < 1.29 is 14.3 Å². The van der Waals surface area contributed by atoms with Crippen molar-refractivity contribution in [1.82, 2.24) is 4.57 Å². The Bertz CT molecular complexity index is 957. The standard InChI is InChI=1S/C19H18N2O3S/c1-24-18(23)11-12-21-15-9-5-6-10-16(15)25-19(21)20-17(22)13-14-7-3-2-4-8-14/h2-10H,11-13H2,1H3. The molecule has 0 unspecified atom stereocenters. The number of thiazole rings is 1. The lowest BCUT2D eigenvalue weighted by Gasteiger charge is -2.04. The predicted octanol–water partition coefficient (Wildman–Crippen LogP) is 2.94. The third-order valence-electron chi connectivity index (χ3n) is 3.77. The first-order chi connectivity index (χ1) is 12.2. The van der Waals surface area contributed by atoms with Crippen LogP contribution in [0.1, 0.15) is 12.0 Å². The molecule has 0 aliphatic heterocycles. The second-order valence-corrected chi connectivity index (χ2v) is 6.51. The van der Waals surface area contributed by atoms with Crippen molar-refractivity contribution in [2.24, 2.45) is 4.99 Å². The van der Waals surface area contributed by atoms with Crippen LogP contribution in [0.15, 0.2) is 59.6 Å². The second kappa shape index (κ2) is 7.90. The summed E-state index contributed by atoms with van der Waals surface area (Å²) in [7, 11) is 1.37. The van der Waals surface area contributed by atoms with Crippen LogP contribution in [0.3, 0.4) is 0 Å². The number of carbonyl (C=O) groups is 2. The molecule has 0 bridgehead atoms. The molecule has 1 heterocycles. The zero-order valence-electron chi connectivity index (χ0n) is 13.8. The Labute approximate surface area is 149 Å². The number of para-hydroxylation sites is 1. The van der Waals surface area contributed by atoms with Crippen LogP contribution in [0.5, 0.6) is 0 Å². The molecule has 1 amide bonds. The Morgan fingerprint density at radius 2 is 1.80 bits per heavy atom. The second-order valence-electron chi connectivity index (χ2n) is 5.50. The topological polar surface area (TPSA) is 60.7 Å². The molecule has 3 rings (SSSR count). The van der Waals surface area contributed by atoms with E-state index in [9.17, 15) is 9.59 Å². The number of aryl methyl sites for hydroxylation is 1. The lowest BCUT2D eigenvalue weighted by Crippen LogP contribution is -2.19. The van der Waals surface area contributed by atoms with Crippen LogP contribution in [-0.2, 0) is 27.3 Å². The molecule has 25 heavy (non-hydrogen) atoms. The summed E-state index contributed by atoms with van der Waals surface area (Å²) < 4.78 is 7.64. The van der Waals surface area contributed by atoms with Crippen molar-refractivity contribution in [1.29, 1.82) is 0 Å². The molecule has 0 aliphatic rings. The molecule has 3 aromatic rings. The van der Waals surface area contributed by atoms with Gasteiger partial charge in [0.05, 0.1) is 30.2 Å². The Hall–Kier alpha value is -2.73. The normalized spacial score (nSPS) is 11.6. The Kier molecular flexibility index (Phi) is 5.40. The molecule has 0 fully saturated rings. The number of aromatic nitrogens is 1. The van der Waals surface area contributed by atoms with Crippen LogP contribution in [-0.4, -0.2) is 23.6 Å². The van der Waals surface area contributed by atoms with Gasteiger partial charge in [0.1, 0.15) is 0 Å². The Balaban J connectivity index is 1.93. The van der Waals surface area contributed by atoms with Crippen molar-refractivity contribution in [2.75, 3.05) is 7.11 Å². The van der Waals surface area contributed by atoms with Gasteiger partial charge in [-0.1, -0.05) is 53.8 Å². The first-order valence-corrected chi connectivity index (χ1v) is 8.75. The maximum atomic E-state index is 12.3. The molecule has 1 aromatic heterocycles. The third-order valence-corrected chi connectivity index (χ3v) is 4.83. The van der Waals surface area contributed by atoms with E-state index in [0.29, 0.717) is 11.3 Å². The summed E-state index contributed by atoms with van der Waals surface area (Å²) in [6.07, 6.45) is 0.489. The minimum atomic E-state index is -0.288. The van der Waals surface area contributed by atoms with E-state index < -0.39 is 0 Å². The van der Waals surface area contributed by atoms with Crippen LogP contribution in [0.4, 0.5) is 0 Å². The summed E-state index contributed by atoms with van der Waals surface area (Å²) in [4.78, 5) is 28.7. The van der Waals surface area contributed by atoms with Gasteiger partial charge in [-0.15, -0.1) is 0 Å². The van der Waals surface area contributed by atoms with Crippen LogP contribution in [0, 0.1) is 0 Å². The summed E-state index contributed by atoms with van der Waals surface area (Å²) in [5.74, 6) is -0.492. The van der Waals surface area contributed by atoms with Crippen molar-refractivity contribution in [3.05, 3.63) is 65.0 Å². The van der Waals surface area contributed by atoms with Gasteiger partial charge in [0.15, 0.2) is 4.80 Å². The van der Waals surface area contributed by atoms with Crippen molar-refractivity contribution >= 4 is 33.4 Å². The van der Waals surface area contributed by atoms with E-state index in [1.54, 1.807) is 0 Å². The summed E-state index contributed by atoms with van der Waals surface area (Å²) >= 11 is 1.45. The van der Waals surface area contributed by atoms with Gasteiger partial charge < -0.3 is 9.30 Å². The fourth-order valence-electron chi connectivity index (χ4n) is 2.54. The van der Waals surface area contributed by atoms with E-state index in [0.717, 1.165) is 15.8 Å². The number of carbonyl (C=O) groups excluding carboxylic acids is 2. The van der Waals surface area contributed by atoms with E-state index in [2.05, 4.69) is 4.99 Å². The summed E-state index contributed by atoms with van der Waals surface area (Å²) in [5, 5.41) is 0. The van der Waals surface area contributed by atoms with Crippen molar-refractivity contribution in [3.8, 4) is 0 Å². The number of methoxy groups -OCH3 is 1. The maximum Gasteiger partial charge on any atom is 0.307 e. The molecule has 0 saturated heterocycles. The highest BCUT2D eigenvalue weighted by molar-refractivity contribution is 7.16. The number of amides is 1. The van der Waals surface area contributed by atoms with E-state index >= 15 is 0 Å². The molecule has 0 spiro atoms. The zero-order chi connectivity index (χ0) is 17.6. The first-order valence-electron chi connectivity index (χ1n) is 7.94. The highest BCUT2D eigenvalue weighted by atomic mass is 32.1. The predicted molar refractivity (Wildman–Crippen MR) is 97.2 cm³/mol. The molecule has 6 heteroatoms. The quantitative estimate of drug-likeness (QED) is 0.662. The summed E-state index contributed by atoms with van der Waals surface area (Å²) in [5.41, 5.74) is 1.89. The minimum absolute atomic E-state index is 0.204. The number of nitrogens with zero attached hydrogens (tertiary/aromatic N) is 2. The number of hydrogen-bond donors (Lipinski definition) is 0. The van der Waals surface area contributed by atoms with Gasteiger partial charge in [-0.25, -0.2) is 0 Å². The monoisotopic (exact) mass is 354 g/mol.